The number of hydrogen-bond donors (Lipinski definition) is 1. The van der Waals surface area contributed by atoms with Gasteiger partial charge in [-0.25, -0.2) is 0 Å². The highest BCUT2D eigenvalue weighted by atomic mass is 35.5. The van der Waals surface area contributed by atoms with Crippen LogP contribution in [0.3, 0.4) is 0 Å². The van der Waals surface area contributed by atoms with E-state index in [9.17, 15) is 4.79 Å². The monoisotopic (exact) mass is 367 g/mol. The van der Waals surface area contributed by atoms with Gasteiger partial charge in [0.25, 0.3) is 5.91 Å². The highest BCUT2D eigenvalue weighted by Crippen LogP contribution is 2.29. The molecule has 2 heterocycles. The van der Waals surface area contributed by atoms with Gasteiger partial charge in [0, 0.05) is 12.2 Å². The molecule has 0 unspecified atom stereocenters. The normalized spacial score (nSPS) is 18.0. The molecule has 1 atom stereocenters. The summed E-state index contributed by atoms with van der Waals surface area (Å²) in [5, 5.41) is 7.94. The van der Waals surface area contributed by atoms with Crippen LogP contribution in [-0.4, -0.2) is 40.7 Å². The van der Waals surface area contributed by atoms with Gasteiger partial charge < -0.3 is 9.64 Å². The molecule has 3 rings (SSSR count). The van der Waals surface area contributed by atoms with Crippen LogP contribution in [0.4, 0.5) is 0 Å². The maximum Gasteiger partial charge on any atom is 0.257 e. The van der Waals surface area contributed by atoms with E-state index < -0.39 is 0 Å². The number of benzene rings is 1. The number of hydrogen-bond acceptors (Lipinski definition) is 3. The van der Waals surface area contributed by atoms with Crippen molar-refractivity contribution in [2.45, 2.75) is 25.9 Å². The number of nitrogens with zero attached hydrogens (tertiary/aromatic N) is 2. The third kappa shape index (κ3) is 3.58. The number of morpholine rings is 1. The number of nitrogens with one attached hydrogen (secondary N) is 1. The van der Waals surface area contributed by atoms with Crippen molar-refractivity contribution in [3.8, 4) is 0 Å². The Morgan fingerprint density at radius 1 is 1.42 bits per heavy atom. The third-order valence-corrected chi connectivity index (χ3v) is 4.86. The van der Waals surface area contributed by atoms with Gasteiger partial charge in [-0.1, -0.05) is 42.6 Å². The molecule has 1 N–H and O–H groups in total. The van der Waals surface area contributed by atoms with Crippen LogP contribution in [-0.2, 0) is 11.2 Å². The summed E-state index contributed by atoms with van der Waals surface area (Å²) in [6.45, 7) is 3.60. The second kappa shape index (κ2) is 7.55. The number of amides is 1. The smallest absolute Gasteiger partial charge is 0.257 e. The first-order chi connectivity index (χ1) is 11.6. The average molecular weight is 368 g/mol. The Morgan fingerprint density at radius 2 is 2.25 bits per heavy atom. The minimum Gasteiger partial charge on any atom is -0.370 e. The fourth-order valence-electron chi connectivity index (χ4n) is 2.86. The van der Waals surface area contributed by atoms with Gasteiger partial charge in [-0.05, 0) is 24.1 Å². The van der Waals surface area contributed by atoms with Crippen LogP contribution < -0.4 is 0 Å². The molecular formula is C17H19Cl2N3O2. The molecule has 1 aliphatic rings. The number of ether oxygens (including phenoxy) is 1. The number of aromatic amines is 1. The van der Waals surface area contributed by atoms with Crippen LogP contribution in [0.25, 0.3) is 0 Å². The zero-order valence-electron chi connectivity index (χ0n) is 13.4. The summed E-state index contributed by atoms with van der Waals surface area (Å²) >= 11 is 12.1. The quantitative estimate of drug-likeness (QED) is 0.891. The first-order valence-corrected chi connectivity index (χ1v) is 8.73. The van der Waals surface area contributed by atoms with E-state index in [1.165, 1.54) is 0 Å². The molecule has 7 heteroatoms. The number of rotatable bonds is 4. The summed E-state index contributed by atoms with van der Waals surface area (Å²) in [6.07, 6.45) is 3.16. The van der Waals surface area contributed by atoms with Gasteiger partial charge >= 0.3 is 0 Å². The molecule has 5 nitrogen and oxygen atoms in total. The van der Waals surface area contributed by atoms with Crippen LogP contribution in [0.5, 0.6) is 0 Å². The Bertz CT molecular complexity index is 732. The lowest BCUT2D eigenvalue weighted by atomic mass is 10.1. The third-order valence-electron chi connectivity index (χ3n) is 4.12. The molecule has 0 saturated carbocycles. The molecule has 0 aliphatic carbocycles. The Labute approximate surface area is 150 Å². The summed E-state index contributed by atoms with van der Waals surface area (Å²) in [5.74, 6) is -0.0134. The molecule has 1 aliphatic heterocycles. The predicted molar refractivity (Wildman–Crippen MR) is 93.6 cm³/mol. The van der Waals surface area contributed by atoms with E-state index >= 15 is 0 Å². The summed E-state index contributed by atoms with van der Waals surface area (Å²) in [4.78, 5) is 14.6. The number of aromatic nitrogens is 2. The zero-order valence-corrected chi connectivity index (χ0v) is 14.9. The Balaban J connectivity index is 1.76. The summed E-state index contributed by atoms with van der Waals surface area (Å²) in [5.41, 5.74) is 2.45. The van der Waals surface area contributed by atoms with Gasteiger partial charge in [-0.15, -0.1) is 0 Å². The van der Waals surface area contributed by atoms with Crippen molar-refractivity contribution in [3.63, 3.8) is 0 Å². The van der Waals surface area contributed by atoms with E-state index in [0.29, 0.717) is 35.3 Å². The van der Waals surface area contributed by atoms with E-state index in [0.717, 1.165) is 24.1 Å². The summed E-state index contributed by atoms with van der Waals surface area (Å²) in [7, 11) is 0. The van der Waals surface area contributed by atoms with Crippen molar-refractivity contribution in [2.24, 2.45) is 0 Å². The van der Waals surface area contributed by atoms with Crippen molar-refractivity contribution >= 4 is 29.1 Å². The van der Waals surface area contributed by atoms with Crippen LogP contribution in [0.15, 0.2) is 24.4 Å². The second-order valence-electron chi connectivity index (χ2n) is 5.80. The van der Waals surface area contributed by atoms with Crippen molar-refractivity contribution in [2.75, 3.05) is 19.7 Å². The average Bonchev–Trinajstić information content (AvgIpc) is 3.05. The molecule has 1 fully saturated rings. The maximum atomic E-state index is 12.8. The SMILES string of the molecule is CCCc1[nH]ncc1C(=O)N1CCO[C@@H](c2ccc(Cl)c(Cl)c2)C1. The highest BCUT2D eigenvalue weighted by Gasteiger charge is 2.28. The van der Waals surface area contributed by atoms with E-state index in [1.807, 2.05) is 6.07 Å². The number of halogens is 2. The largest absolute Gasteiger partial charge is 0.370 e. The number of carbonyl (C=O) groups is 1. The van der Waals surface area contributed by atoms with E-state index in [-0.39, 0.29) is 12.0 Å². The lowest BCUT2D eigenvalue weighted by molar-refractivity contribution is -0.0228. The van der Waals surface area contributed by atoms with Crippen molar-refractivity contribution < 1.29 is 9.53 Å². The minimum atomic E-state index is -0.209. The van der Waals surface area contributed by atoms with E-state index in [4.69, 9.17) is 27.9 Å². The second-order valence-corrected chi connectivity index (χ2v) is 6.61. The number of H-pyrrole nitrogens is 1. The molecule has 0 bridgehead atoms. The van der Waals surface area contributed by atoms with Crippen molar-refractivity contribution in [3.05, 3.63) is 51.3 Å². The predicted octanol–water partition coefficient (Wildman–Crippen LogP) is 3.88. The van der Waals surface area contributed by atoms with Crippen LogP contribution in [0.2, 0.25) is 10.0 Å². The lowest BCUT2D eigenvalue weighted by Gasteiger charge is -2.33. The molecule has 1 aromatic heterocycles. The van der Waals surface area contributed by atoms with Gasteiger partial charge in [-0.2, -0.15) is 5.10 Å². The molecule has 1 saturated heterocycles. The van der Waals surface area contributed by atoms with Crippen LogP contribution >= 0.6 is 23.2 Å². The first kappa shape index (κ1) is 17.3. The zero-order chi connectivity index (χ0) is 17.1. The standard InChI is InChI=1S/C17H19Cl2N3O2/c1-2-3-15-12(9-20-21-15)17(23)22-6-7-24-16(10-22)11-4-5-13(18)14(19)8-11/h4-5,8-9,16H,2-3,6-7,10H2,1H3,(H,20,21)/t16-/m1/s1. The van der Waals surface area contributed by atoms with E-state index in [2.05, 4.69) is 17.1 Å². The molecule has 0 spiro atoms. The maximum absolute atomic E-state index is 12.8. The van der Waals surface area contributed by atoms with Gasteiger partial charge in [0.1, 0.15) is 6.10 Å². The Morgan fingerprint density at radius 3 is 3.00 bits per heavy atom. The molecule has 2 aromatic rings. The number of aryl methyl sites for hydroxylation is 1. The van der Waals surface area contributed by atoms with E-state index in [1.54, 1.807) is 23.2 Å². The summed E-state index contributed by atoms with van der Waals surface area (Å²) < 4.78 is 5.82. The molecule has 1 amide bonds. The molecule has 128 valence electrons. The molecule has 1 aromatic carbocycles. The highest BCUT2D eigenvalue weighted by molar-refractivity contribution is 6.42. The van der Waals surface area contributed by atoms with Gasteiger partial charge in [0.05, 0.1) is 35.0 Å². The van der Waals surface area contributed by atoms with Gasteiger partial charge in [0.15, 0.2) is 0 Å². The van der Waals surface area contributed by atoms with Crippen molar-refractivity contribution in [1.82, 2.24) is 15.1 Å². The van der Waals surface area contributed by atoms with Crippen LogP contribution in [0.1, 0.15) is 41.1 Å². The molecular weight excluding hydrogens is 349 g/mol. The van der Waals surface area contributed by atoms with Gasteiger partial charge in [0.2, 0.25) is 0 Å². The summed E-state index contributed by atoms with van der Waals surface area (Å²) in [6, 6.07) is 5.43. The van der Waals surface area contributed by atoms with Gasteiger partial charge in [-0.3, -0.25) is 9.89 Å². The van der Waals surface area contributed by atoms with Crippen LogP contribution in [0, 0.1) is 0 Å². The Kier molecular flexibility index (Phi) is 5.43. The fraction of sp³-hybridized carbons (Fsp3) is 0.412. The number of carbonyl (C=O) groups excluding carboxylic acids is 1. The molecule has 0 radical (unpaired) electrons. The first-order valence-electron chi connectivity index (χ1n) is 7.98. The molecule has 24 heavy (non-hydrogen) atoms. The lowest BCUT2D eigenvalue weighted by Crippen LogP contribution is -2.42. The Hall–Kier alpha value is -1.56. The van der Waals surface area contributed by atoms with Crippen molar-refractivity contribution in [1.29, 1.82) is 0 Å². The fourth-order valence-corrected chi connectivity index (χ4v) is 3.16. The topological polar surface area (TPSA) is 58.2 Å². The minimum absolute atomic E-state index is 0.0134.